The van der Waals surface area contributed by atoms with Gasteiger partial charge >= 0.3 is 0 Å². The maximum atomic E-state index is 14.1. The van der Waals surface area contributed by atoms with Crippen LogP contribution in [0.1, 0.15) is 30.5 Å². The standard InChI is InChI=1S/C17H19BrFNO/c1-3-10-21-14-7-4-12(5-8-14)17(20-2)15-9-6-13(18)11-16(15)19/h4-9,11,17,20H,3,10H2,1-2H3. The summed E-state index contributed by atoms with van der Waals surface area (Å²) in [6.07, 6.45) is 0.977. The summed E-state index contributed by atoms with van der Waals surface area (Å²) in [5.74, 6) is 0.613. The molecule has 1 atom stereocenters. The highest BCUT2D eigenvalue weighted by molar-refractivity contribution is 9.10. The van der Waals surface area contributed by atoms with Gasteiger partial charge in [0.15, 0.2) is 0 Å². The van der Waals surface area contributed by atoms with Gasteiger partial charge in [0.1, 0.15) is 11.6 Å². The third-order valence-corrected chi connectivity index (χ3v) is 3.74. The van der Waals surface area contributed by atoms with Crippen LogP contribution in [0, 0.1) is 5.82 Å². The summed E-state index contributed by atoms with van der Waals surface area (Å²) in [5, 5.41) is 3.16. The minimum Gasteiger partial charge on any atom is -0.494 e. The Labute approximate surface area is 133 Å². The van der Waals surface area contributed by atoms with Crippen LogP contribution < -0.4 is 10.1 Å². The zero-order valence-corrected chi connectivity index (χ0v) is 13.8. The fraction of sp³-hybridized carbons (Fsp3) is 0.294. The number of benzene rings is 2. The van der Waals surface area contributed by atoms with E-state index in [1.54, 1.807) is 6.07 Å². The number of hydrogen-bond acceptors (Lipinski definition) is 2. The molecule has 0 saturated carbocycles. The van der Waals surface area contributed by atoms with Crippen molar-refractivity contribution in [1.82, 2.24) is 5.32 Å². The van der Waals surface area contributed by atoms with E-state index in [0.717, 1.165) is 22.2 Å². The summed E-state index contributed by atoms with van der Waals surface area (Å²) in [7, 11) is 1.83. The minimum atomic E-state index is -0.227. The van der Waals surface area contributed by atoms with Crippen molar-refractivity contribution >= 4 is 15.9 Å². The predicted octanol–water partition coefficient (Wildman–Crippen LogP) is 4.69. The van der Waals surface area contributed by atoms with Crippen molar-refractivity contribution in [3.8, 4) is 5.75 Å². The van der Waals surface area contributed by atoms with Gasteiger partial charge in [0.2, 0.25) is 0 Å². The molecule has 0 fully saturated rings. The third kappa shape index (κ3) is 4.05. The molecule has 21 heavy (non-hydrogen) atoms. The zero-order chi connectivity index (χ0) is 15.2. The van der Waals surface area contributed by atoms with Gasteiger partial charge in [-0.2, -0.15) is 0 Å². The van der Waals surface area contributed by atoms with E-state index >= 15 is 0 Å². The Morgan fingerprint density at radius 2 is 1.90 bits per heavy atom. The van der Waals surface area contributed by atoms with E-state index in [0.29, 0.717) is 12.2 Å². The second-order valence-electron chi connectivity index (χ2n) is 4.81. The van der Waals surface area contributed by atoms with Crippen LogP contribution in [0.4, 0.5) is 4.39 Å². The van der Waals surface area contributed by atoms with Crippen LogP contribution in [0.3, 0.4) is 0 Å². The van der Waals surface area contributed by atoms with E-state index in [1.165, 1.54) is 6.07 Å². The molecule has 0 aliphatic heterocycles. The van der Waals surface area contributed by atoms with E-state index in [1.807, 2.05) is 37.4 Å². The molecule has 2 rings (SSSR count). The van der Waals surface area contributed by atoms with E-state index in [2.05, 4.69) is 28.2 Å². The lowest BCUT2D eigenvalue weighted by atomic mass is 9.98. The maximum Gasteiger partial charge on any atom is 0.129 e. The highest BCUT2D eigenvalue weighted by Crippen LogP contribution is 2.27. The van der Waals surface area contributed by atoms with Crippen molar-refractivity contribution in [3.63, 3.8) is 0 Å². The average molecular weight is 352 g/mol. The lowest BCUT2D eigenvalue weighted by Gasteiger charge is -2.18. The number of hydrogen-bond donors (Lipinski definition) is 1. The zero-order valence-electron chi connectivity index (χ0n) is 12.2. The second kappa shape index (κ2) is 7.57. The fourth-order valence-electron chi connectivity index (χ4n) is 2.21. The highest BCUT2D eigenvalue weighted by Gasteiger charge is 2.16. The van der Waals surface area contributed by atoms with Crippen molar-refractivity contribution in [1.29, 1.82) is 0 Å². The molecule has 0 bridgehead atoms. The smallest absolute Gasteiger partial charge is 0.129 e. The highest BCUT2D eigenvalue weighted by atomic mass is 79.9. The topological polar surface area (TPSA) is 21.3 Å². The van der Waals surface area contributed by atoms with Gasteiger partial charge in [-0.3, -0.25) is 0 Å². The normalized spacial score (nSPS) is 12.2. The molecule has 0 spiro atoms. The molecule has 0 saturated heterocycles. The van der Waals surface area contributed by atoms with Crippen molar-refractivity contribution in [2.45, 2.75) is 19.4 Å². The van der Waals surface area contributed by atoms with Gasteiger partial charge < -0.3 is 10.1 Å². The molecule has 2 aromatic carbocycles. The van der Waals surface area contributed by atoms with E-state index in [4.69, 9.17) is 4.74 Å². The first-order valence-corrected chi connectivity index (χ1v) is 7.80. The maximum absolute atomic E-state index is 14.1. The van der Waals surface area contributed by atoms with Crippen LogP contribution in [-0.2, 0) is 0 Å². The molecule has 0 aliphatic rings. The molecule has 0 amide bonds. The molecule has 4 heteroatoms. The van der Waals surface area contributed by atoms with Crippen LogP contribution in [-0.4, -0.2) is 13.7 Å². The SMILES string of the molecule is CCCOc1ccc(C(NC)c2ccc(Br)cc2F)cc1. The molecule has 0 aliphatic carbocycles. The predicted molar refractivity (Wildman–Crippen MR) is 87.2 cm³/mol. The molecule has 1 unspecified atom stereocenters. The monoisotopic (exact) mass is 351 g/mol. The van der Waals surface area contributed by atoms with Crippen LogP contribution in [0.2, 0.25) is 0 Å². The third-order valence-electron chi connectivity index (χ3n) is 3.25. The first kappa shape index (κ1) is 16.0. The van der Waals surface area contributed by atoms with Gasteiger partial charge in [-0.15, -0.1) is 0 Å². The summed E-state index contributed by atoms with van der Waals surface area (Å²) in [4.78, 5) is 0. The first-order chi connectivity index (χ1) is 10.2. The number of rotatable bonds is 6. The lowest BCUT2D eigenvalue weighted by molar-refractivity contribution is 0.317. The molecule has 112 valence electrons. The Morgan fingerprint density at radius 3 is 2.48 bits per heavy atom. The Bertz CT molecular complexity index is 586. The summed E-state index contributed by atoms with van der Waals surface area (Å²) < 4.78 is 20.4. The van der Waals surface area contributed by atoms with Gasteiger partial charge in [0, 0.05) is 10.0 Å². The van der Waals surface area contributed by atoms with Crippen molar-refractivity contribution < 1.29 is 9.13 Å². The van der Waals surface area contributed by atoms with E-state index in [-0.39, 0.29) is 11.9 Å². The summed E-state index contributed by atoms with van der Waals surface area (Å²) in [6, 6.07) is 12.7. The van der Waals surface area contributed by atoms with Gasteiger partial charge in [-0.05, 0) is 43.3 Å². The van der Waals surface area contributed by atoms with Crippen molar-refractivity contribution in [2.24, 2.45) is 0 Å². The Morgan fingerprint density at radius 1 is 1.19 bits per heavy atom. The minimum absolute atomic E-state index is 0.182. The van der Waals surface area contributed by atoms with Crippen LogP contribution in [0.5, 0.6) is 5.75 Å². The first-order valence-electron chi connectivity index (χ1n) is 7.00. The van der Waals surface area contributed by atoms with Crippen molar-refractivity contribution in [3.05, 3.63) is 63.9 Å². The van der Waals surface area contributed by atoms with Crippen LogP contribution in [0.15, 0.2) is 46.9 Å². The van der Waals surface area contributed by atoms with E-state index in [9.17, 15) is 4.39 Å². The molecular weight excluding hydrogens is 333 g/mol. The average Bonchev–Trinajstić information content (AvgIpc) is 2.49. The Hall–Kier alpha value is -1.39. The number of halogens is 2. The molecule has 1 N–H and O–H groups in total. The summed E-state index contributed by atoms with van der Waals surface area (Å²) in [5.41, 5.74) is 1.63. The molecule has 0 aromatic heterocycles. The largest absolute Gasteiger partial charge is 0.494 e. The van der Waals surface area contributed by atoms with Crippen LogP contribution >= 0.6 is 15.9 Å². The van der Waals surface area contributed by atoms with Crippen molar-refractivity contribution in [2.75, 3.05) is 13.7 Å². The van der Waals surface area contributed by atoms with Crippen LogP contribution in [0.25, 0.3) is 0 Å². The molecule has 0 heterocycles. The number of nitrogens with one attached hydrogen (secondary N) is 1. The summed E-state index contributed by atoms with van der Waals surface area (Å²) in [6.45, 7) is 2.78. The van der Waals surface area contributed by atoms with Gasteiger partial charge in [-0.1, -0.05) is 41.1 Å². The molecule has 0 radical (unpaired) electrons. The second-order valence-corrected chi connectivity index (χ2v) is 5.72. The van der Waals surface area contributed by atoms with Gasteiger partial charge in [0.25, 0.3) is 0 Å². The molecule has 2 aromatic rings. The lowest BCUT2D eigenvalue weighted by Crippen LogP contribution is -2.18. The summed E-state index contributed by atoms with van der Waals surface area (Å²) >= 11 is 3.28. The van der Waals surface area contributed by atoms with E-state index < -0.39 is 0 Å². The molecular formula is C17H19BrFNO. The van der Waals surface area contributed by atoms with Gasteiger partial charge in [-0.25, -0.2) is 4.39 Å². The fourth-order valence-corrected chi connectivity index (χ4v) is 2.55. The molecule has 2 nitrogen and oxygen atoms in total. The Kier molecular flexibility index (Phi) is 5.76. The Balaban J connectivity index is 2.24. The number of ether oxygens (including phenoxy) is 1. The van der Waals surface area contributed by atoms with Gasteiger partial charge in [0.05, 0.1) is 12.6 Å². The quantitative estimate of drug-likeness (QED) is 0.815.